The van der Waals surface area contributed by atoms with Crippen molar-refractivity contribution in [3.8, 4) is 0 Å². The fourth-order valence-corrected chi connectivity index (χ4v) is 2.31. The molecule has 1 aliphatic heterocycles. The topological polar surface area (TPSA) is 44.3 Å². The Kier molecular flexibility index (Phi) is 4.71. The van der Waals surface area contributed by atoms with E-state index in [4.69, 9.17) is 4.98 Å². The Morgan fingerprint density at radius 3 is 2.84 bits per heavy atom. The maximum absolute atomic E-state index is 4.70. The molecule has 1 N–H and O–H groups in total. The summed E-state index contributed by atoms with van der Waals surface area (Å²) >= 11 is 0. The van der Waals surface area contributed by atoms with Gasteiger partial charge in [-0.2, -0.15) is 0 Å². The number of nitrogens with one attached hydrogen (secondary N) is 1. The number of nitrogens with zero attached hydrogens (tertiary/aromatic N) is 4. The summed E-state index contributed by atoms with van der Waals surface area (Å²) < 4.78 is 0. The van der Waals surface area contributed by atoms with E-state index in [9.17, 15) is 0 Å². The van der Waals surface area contributed by atoms with Gasteiger partial charge in [-0.3, -0.25) is 4.98 Å². The molecule has 0 spiro atoms. The highest BCUT2D eigenvalue weighted by atomic mass is 15.3. The highest BCUT2D eigenvalue weighted by Crippen LogP contribution is 2.19. The molecule has 0 bridgehead atoms. The monoisotopic (exact) mass is 263 g/mol. The van der Waals surface area contributed by atoms with E-state index in [0.29, 0.717) is 12.1 Å². The van der Waals surface area contributed by atoms with Crippen molar-refractivity contribution in [2.75, 3.05) is 32.1 Å². The molecule has 0 radical (unpaired) electrons. The predicted molar refractivity (Wildman–Crippen MR) is 78.3 cm³/mol. The van der Waals surface area contributed by atoms with E-state index < -0.39 is 0 Å². The van der Waals surface area contributed by atoms with Gasteiger partial charge in [0.05, 0.1) is 11.9 Å². The molecule has 1 aromatic heterocycles. The second kappa shape index (κ2) is 6.30. The standard InChI is InChI=1S/C14H25N5/c1-11(2)16-8-12-7-15-9-14(17-12)19-6-5-13(10-19)18(3)4/h7,9,11,13,16H,5-6,8,10H2,1-4H3. The van der Waals surface area contributed by atoms with Gasteiger partial charge in [-0.15, -0.1) is 0 Å². The molecule has 5 heteroatoms. The summed E-state index contributed by atoms with van der Waals surface area (Å²) in [5.41, 5.74) is 1.01. The van der Waals surface area contributed by atoms with E-state index in [1.807, 2.05) is 12.4 Å². The Labute approximate surface area is 116 Å². The summed E-state index contributed by atoms with van der Waals surface area (Å²) in [4.78, 5) is 13.6. The predicted octanol–water partition coefficient (Wildman–Crippen LogP) is 1.11. The van der Waals surface area contributed by atoms with Crippen LogP contribution in [0.2, 0.25) is 0 Å². The van der Waals surface area contributed by atoms with Gasteiger partial charge < -0.3 is 15.1 Å². The molecular formula is C14H25N5. The van der Waals surface area contributed by atoms with Gasteiger partial charge >= 0.3 is 0 Å². The molecule has 1 aromatic rings. The molecular weight excluding hydrogens is 238 g/mol. The van der Waals surface area contributed by atoms with E-state index in [-0.39, 0.29) is 0 Å². The number of hydrogen-bond acceptors (Lipinski definition) is 5. The van der Waals surface area contributed by atoms with Crippen molar-refractivity contribution >= 4 is 5.82 Å². The van der Waals surface area contributed by atoms with Crippen molar-refractivity contribution < 1.29 is 0 Å². The Morgan fingerprint density at radius 1 is 1.42 bits per heavy atom. The van der Waals surface area contributed by atoms with Crippen LogP contribution in [0.3, 0.4) is 0 Å². The first kappa shape index (κ1) is 14.2. The van der Waals surface area contributed by atoms with Crippen LogP contribution in [-0.4, -0.2) is 54.1 Å². The molecule has 19 heavy (non-hydrogen) atoms. The van der Waals surface area contributed by atoms with Crippen molar-refractivity contribution in [2.24, 2.45) is 0 Å². The van der Waals surface area contributed by atoms with Gasteiger partial charge in [0, 0.05) is 37.9 Å². The molecule has 5 nitrogen and oxygen atoms in total. The van der Waals surface area contributed by atoms with Gasteiger partial charge in [-0.1, -0.05) is 13.8 Å². The highest BCUT2D eigenvalue weighted by Gasteiger charge is 2.25. The molecule has 1 saturated heterocycles. The quantitative estimate of drug-likeness (QED) is 0.862. The van der Waals surface area contributed by atoms with Gasteiger partial charge in [-0.05, 0) is 20.5 Å². The molecule has 0 aliphatic carbocycles. The van der Waals surface area contributed by atoms with Crippen LogP contribution in [0.4, 0.5) is 5.82 Å². The number of aromatic nitrogens is 2. The van der Waals surface area contributed by atoms with Crippen molar-refractivity contribution in [3.63, 3.8) is 0 Å². The van der Waals surface area contributed by atoms with Crippen molar-refractivity contribution in [2.45, 2.75) is 38.9 Å². The minimum absolute atomic E-state index is 0.468. The summed E-state index contributed by atoms with van der Waals surface area (Å²) in [6, 6.07) is 1.09. The lowest BCUT2D eigenvalue weighted by atomic mass is 10.2. The highest BCUT2D eigenvalue weighted by molar-refractivity contribution is 5.38. The molecule has 1 aliphatic rings. The third-order valence-corrected chi connectivity index (χ3v) is 3.58. The number of anilines is 1. The van der Waals surface area contributed by atoms with Crippen molar-refractivity contribution in [1.82, 2.24) is 20.2 Å². The van der Waals surface area contributed by atoms with E-state index in [1.54, 1.807) is 0 Å². The lowest BCUT2D eigenvalue weighted by Crippen LogP contribution is -2.32. The van der Waals surface area contributed by atoms with Crippen LogP contribution in [0.15, 0.2) is 12.4 Å². The SMILES string of the molecule is CC(C)NCc1cncc(N2CCC(N(C)C)C2)n1. The van der Waals surface area contributed by atoms with Crippen LogP contribution >= 0.6 is 0 Å². The summed E-state index contributed by atoms with van der Waals surface area (Å²) in [7, 11) is 4.28. The zero-order chi connectivity index (χ0) is 13.8. The molecule has 1 unspecified atom stereocenters. The minimum Gasteiger partial charge on any atom is -0.354 e. The average Bonchev–Trinajstić information content (AvgIpc) is 2.86. The average molecular weight is 263 g/mol. The Balaban J connectivity index is 1.99. The largest absolute Gasteiger partial charge is 0.354 e. The zero-order valence-electron chi connectivity index (χ0n) is 12.4. The molecule has 106 valence electrons. The maximum Gasteiger partial charge on any atom is 0.147 e. The van der Waals surface area contributed by atoms with E-state index in [1.165, 1.54) is 6.42 Å². The first-order chi connectivity index (χ1) is 9.06. The van der Waals surface area contributed by atoms with Crippen LogP contribution in [0.25, 0.3) is 0 Å². The Hall–Kier alpha value is -1.20. The Bertz CT molecular complexity index is 405. The van der Waals surface area contributed by atoms with Crippen molar-refractivity contribution in [1.29, 1.82) is 0 Å². The smallest absolute Gasteiger partial charge is 0.147 e. The van der Waals surface area contributed by atoms with Crippen LogP contribution in [0.5, 0.6) is 0 Å². The van der Waals surface area contributed by atoms with Crippen LogP contribution in [0.1, 0.15) is 26.0 Å². The molecule has 0 saturated carbocycles. The second-order valence-electron chi connectivity index (χ2n) is 5.76. The van der Waals surface area contributed by atoms with Gasteiger partial charge in [0.25, 0.3) is 0 Å². The van der Waals surface area contributed by atoms with Crippen molar-refractivity contribution in [3.05, 3.63) is 18.1 Å². The maximum atomic E-state index is 4.70. The van der Waals surface area contributed by atoms with E-state index >= 15 is 0 Å². The fraction of sp³-hybridized carbons (Fsp3) is 0.714. The number of hydrogen-bond donors (Lipinski definition) is 1. The number of likely N-dealkylation sites (N-methyl/N-ethyl adjacent to an activating group) is 1. The van der Waals surface area contributed by atoms with Crippen LogP contribution < -0.4 is 10.2 Å². The van der Waals surface area contributed by atoms with Gasteiger partial charge in [0.1, 0.15) is 5.82 Å². The molecule has 1 atom stereocenters. The van der Waals surface area contributed by atoms with E-state index in [0.717, 1.165) is 31.1 Å². The summed E-state index contributed by atoms with van der Waals surface area (Å²) in [6.07, 6.45) is 4.92. The molecule has 1 fully saturated rings. The summed E-state index contributed by atoms with van der Waals surface area (Å²) in [5.74, 6) is 1.01. The summed E-state index contributed by atoms with van der Waals surface area (Å²) in [6.45, 7) is 7.17. The normalized spacial score (nSPS) is 19.7. The fourth-order valence-electron chi connectivity index (χ4n) is 2.31. The third-order valence-electron chi connectivity index (χ3n) is 3.58. The van der Waals surface area contributed by atoms with Crippen LogP contribution in [0, 0.1) is 0 Å². The molecule has 2 rings (SSSR count). The minimum atomic E-state index is 0.468. The van der Waals surface area contributed by atoms with Gasteiger partial charge in [-0.25, -0.2) is 4.98 Å². The Morgan fingerprint density at radius 2 is 2.21 bits per heavy atom. The molecule has 2 heterocycles. The second-order valence-corrected chi connectivity index (χ2v) is 5.76. The zero-order valence-corrected chi connectivity index (χ0v) is 12.4. The van der Waals surface area contributed by atoms with E-state index in [2.05, 4.69) is 48.0 Å². The molecule has 0 amide bonds. The summed E-state index contributed by atoms with van der Waals surface area (Å²) in [5, 5.41) is 3.38. The first-order valence-corrected chi connectivity index (χ1v) is 7.02. The third kappa shape index (κ3) is 3.88. The van der Waals surface area contributed by atoms with Crippen LogP contribution in [-0.2, 0) is 6.54 Å². The van der Waals surface area contributed by atoms with Gasteiger partial charge in [0.15, 0.2) is 0 Å². The lowest BCUT2D eigenvalue weighted by molar-refractivity contribution is 0.315. The first-order valence-electron chi connectivity index (χ1n) is 7.02. The molecule has 0 aromatic carbocycles. The number of rotatable bonds is 5. The van der Waals surface area contributed by atoms with Gasteiger partial charge in [0.2, 0.25) is 0 Å². The lowest BCUT2D eigenvalue weighted by Gasteiger charge is -2.21.